The second kappa shape index (κ2) is 9.18. The van der Waals surface area contributed by atoms with Gasteiger partial charge in [-0.15, -0.1) is 0 Å². The van der Waals surface area contributed by atoms with E-state index in [0.29, 0.717) is 5.69 Å². The van der Waals surface area contributed by atoms with Crippen LogP contribution in [-0.2, 0) is 14.3 Å². The Bertz CT molecular complexity index is 722. The van der Waals surface area contributed by atoms with Gasteiger partial charge in [-0.05, 0) is 23.6 Å². The van der Waals surface area contributed by atoms with Crippen molar-refractivity contribution in [3.63, 3.8) is 0 Å². The van der Waals surface area contributed by atoms with Crippen LogP contribution in [0.1, 0.15) is 31.7 Å². The van der Waals surface area contributed by atoms with E-state index in [1.165, 1.54) is 6.20 Å². The molecule has 2 rings (SSSR count). The van der Waals surface area contributed by atoms with E-state index in [-0.39, 0.29) is 17.7 Å². The maximum Gasteiger partial charge on any atom is 0.314 e. The Hall–Kier alpha value is -2.40. The Kier molecular flexibility index (Phi) is 6.95. The van der Waals surface area contributed by atoms with E-state index < -0.39 is 17.8 Å². The van der Waals surface area contributed by atoms with Crippen LogP contribution in [0.15, 0.2) is 48.7 Å². The average Bonchev–Trinajstić information content (AvgIpc) is 2.63. The van der Waals surface area contributed by atoms with E-state index in [2.05, 4.69) is 10.3 Å². The number of nitrogens with zero attached hydrogens (tertiary/aromatic N) is 1. The fourth-order valence-corrected chi connectivity index (χ4v) is 2.65. The maximum absolute atomic E-state index is 12.5. The van der Waals surface area contributed by atoms with Gasteiger partial charge in [0.1, 0.15) is 0 Å². The van der Waals surface area contributed by atoms with Gasteiger partial charge in [0.2, 0.25) is 0 Å². The Morgan fingerprint density at radius 1 is 1.20 bits per heavy atom. The van der Waals surface area contributed by atoms with Crippen molar-refractivity contribution in [2.75, 3.05) is 11.9 Å². The zero-order valence-corrected chi connectivity index (χ0v) is 15.0. The highest BCUT2D eigenvalue weighted by molar-refractivity contribution is 6.32. The topological polar surface area (TPSA) is 68.3 Å². The number of pyridine rings is 1. The number of aromatic nitrogens is 1. The summed E-state index contributed by atoms with van der Waals surface area (Å²) < 4.78 is 5.24. The first-order chi connectivity index (χ1) is 12.0. The van der Waals surface area contributed by atoms with Gasteiger partial charge in [-0.3, -0.25) is 9.59 Å². The lowest BCUT2D eigenvalue weighted by molar-refractivity contribution is -0.150. The molecule has 6 heteroatoms. The molecule has 1 aromatic carbocycles. The second-order valence-corrected chi connectivity index (χ2v) is 6.13. The fourth-order valence-electron chi connectivity index (χ4n) is 2.49. The lowest BCUT2D eigenvalue weighted by atomic mass is 9.86. The molecule has 0 saturated heterocycles. The molecule has 132 valence electrons. The van der Waals surface area contributed by atoms with E-state index in [0.717, 1.165) is 12.0 Å². The summed E-state index contributed by atoms with van der Waals surface area (Å²) in [4.78, 5) is 28.4. The Balaban J connectivity index is 1.99. The lowest BCUT2D eigenvalue weighted by Gasteiger charge is -2.21. The number of esters is 1. The minimum Gasteiger partial charge on any atom is -0.455 e. The van der Waals surface area contributed by atoms with Crippen molar-refractivity contribution in [3.8, 4) is 0 Å². The van der Waals surface area contributed by atoms with Gasteiger partial charge in [0.25, 0.3) is 5.91 Å². The van der Waals surface area contributed by atoms with Crippen molar-refractivity contribution >= 4 is 29.2 Å². The van der Waals surface area contributed by atoms with Gasteiger partial charge < -0.3 is 10.1 Å². The highest BCUT2D eigenvalue weighted by Crippen LogP contribution is 2.28. The van der Waals surface area contributed by atoms with Crippen LogP contribution < -0.4 is 5.32 Å². The van der Waals surface area contributed by atoms with Crippen LogP contribution in [0.3, 0.4) is 0 Å². The molecule has 0 fully saturated rings. The number of carbonyl (C=O) groups is 2. The monoisotopic (exact) mass is 360 g/mol. The largest absolute Gasteiger partial charge is 0.455 e. The first-order valence-electron chi connectivity index (χ1n) is 8.14. The highest BCUT2D eigenvalue weighted by Gasteiger charge is 2.27. The fraction of sp³-hybridized carbons (Fsp3) is 0.316. The quantitative estimate of drug-likeness (QED) is 0.597. The highest BCUT2D eigenvalue weighted by atomic mass is 35.5. The van der Waals surface area contributed by atoms with Gasteiger partial charge in [-0.25, -0.2) is 4.98 Å². The summed E-state index contributed by atoms with van der Waals surface area (Å²) in [6.07, 6.45) is 2.35. The summed E-state index contributed by atoms with van der Waals surface area (Å²) in [5.41, 5.74) is 1.27. The number of amides is 1. The predicted octanol–water partition coefficient (Wildman–Crippen LogP) is 4.05. The summed E-state index contributed by atoms with van der Waals surface area (Å²) in [5.74, 6) is -1.17. The average molecular weight is 361 g/mol. The molecule has 1 N–H and O–H groups in total. The number of ether oxygens (including phenoxy) is 1. The molecule has 0 radical (unpaired) electrons. The van der Waals surface area contributed by atoms with Gasteiger partial charge in [0.05, 0.1) is 11.6 Å². The third-order valence-electron chi connectivity index (χ3n) is 4.00. The molecule has 0 bridgehead atoms. The summed E-state index contributed by atoms with van der Waals surface area (Å²) >= 11 is 5.89. The van der Waals surface area contributed by atoms with Gasteiger partial charge in [-0.2, -0.15) is 0 Å². The molecule has 5 nitrogen and oxygen atoms in total. The first-order valence-corrected chi connectivity index (χ1v) is 8.52. The summed E-state index contributed by atoms with van der Waals surface area (Å²) in [5, 5.41) is 2.76. The molecular weight excluding hydrogens is 340 g/mol. The number of benzene rings is 1. The molecule has 25 heavy (non-hydrogen) atoms. The summed E-state index contributed by atoms with van der Waals surface area (Å²) in [6.45, 7) is 3.64. The zero-order chi connectivity index (χ0) is 18.2. The van der Waals surface area contributed by atoms with E-state index >= 15 is 0 Å². The van der Waals surface area contributed by atoms with Crippen LogP contribution in [0.2, 0.25) is 5.15 Å². The minimum absolute atomic E-state index is 0.103. The van der Waals surface area contributed by atoms with Crippen LogP contribution in [0.5, 0.6) is 0 Å². The molecule has 0 aliphatic carbocycles. The minimum atomic E-state index is -0.459. The van der Waals surface area contributed by atoms with E-state index in [9.17, 15) is 9.59 Å². The van der Waals surface area contributed by atoms with Crippen molar-refractivity contribution in [2.45, 2.75) is 26.2 Å². The van der Waals surface area contributed by atoms with Crippen LogP contribution >= 0.6 is 11.6 Å². The molecule has 1 aromatic heterocycles. The molecule has 0 saturated carbocycles. The molecule has 2 atom stereocenters. The van der Waals surface area contributed by atoms with E-state index in [4.69, 9.17) is 16.3 Å². The number of halogens is 1. The van der Waals surface area contributed by atoms with Crippen molar-refractivity contribution < 1.29 is 14.3 Å². The lowest BCUT2D eigenvalue weighted by Crippen LogP contribution is -2.27. The number of nitrogens with one attached hydrogen (secondary N) is 1. The van der Waals surface area contributed by atoms with Crippen molar-refractivity contribution in [2.24, 2.45) is 5.92 Å². The predicted molar refractivity (Wildman–Crippen MR) is 97.5 cm³/mol. The van der Waals surface area contributed by atoms with Crippen molar-refractivity contribution in [3.05, 3.63) is 59.4 Å². The number of rotatable bonds is 7. The molecule has 0 unspecified atom stereocenters. The van der Waals surface area contributed by atoms with Crippen LogP contribution in [0.4, 0.5) is 5.69 Å². The molecule has 1 amide bonds. The Morgan fingerprint density at radius 3 is 2.56 bits per heavy atom. The van der Waals surface area contributed by atoms with Crippen molar-refractivity contribution in [1.29, 1.82) is 0 Å². The Labute approximate surface area is 152 Å². The second-order valence-electron chi connectivity index (χ2n) is 5.77. The third-order valence-corrected chi connectivity index (χ3v) is 4.31. The molecule has 1 heterocycles. The SMILES string of the molecule is CC[C@H](C)[C@H](C(=O)OCC(=O)Nc1cccnc1Cl)c1ccccc1. The third kappa shape index (κ3) is 5.29. The van der Waals surface area contributed by atoms with E-state index in [1.807, 2.05) is 44.2 Å². The van der Waals surface area contributed by atoms with Crippen LogP contribution in [0, 0.1) is 5.92 Å². The zero-order valence-electron chi connectivity index (χ0n) is 14.2. The molecule has 2 aromatic rings. The number of hydrogen-bond acceptors (Lipinski definition) is 4. The van der Waals surface area contributed by atoms with Crippen LogP contribution in [-0.4, -0.2) is 23.5 Å². The first kappa shape index (κ1) is 18.9. The number of hydrogen-bond donors (Lipinski definition) is 1. The molecule has 0 aliphatic heterocycles. The van der Waals surface area contributed by atoms with Gasteiger partial charge in [0, 0.05) is 6.20 Å². The Morgan fingerprint density at radius 2 is 1.92 bits per heavy atom. The van der Waals surface area contributed by atoms with Gasteiger partial charge in [0.15, 0.2) is 11.8 Å². The summed E-state index contributed by atoms with van der Waals surface area (Å²) in [6, 6.07) is 12.7. The maximum atomic E-state index is 12.5. The normalized spacial score (nSPS) is 12.9. The van der Waals surface area contributed by atoms with Gasteiger partial charge >= 0.3 is 5.97 Å². The molecule has 0 spiro atoms. The smallest absolute Gasteiger partial charge is 0.314 e. The standard InChI is InChI=1S/C19H21ClN2O3/c1-3-13(2)17(14-8-5-4-6-9-14)19(24)25-12-16(23)22-15-10-7-11-21-18(15)20/h4-11,13,17H,3,12H2,1-2H3,(H,22,23)/t13-,17-/m0/s1. The summed E-state index contributed by atoms with van der Waals surface area (Å²) in [7, 11) is 0. The van der Waals surface area contributed by atoms with Crippen molar-refractivity contribution in [1.82, 2.24) is 4.98 Å². The number of anilines is 1. The van der Waals surface area contributed by atoms with Gasteiger partial charge in [-0.1, -0.05) is 62.2 Å². The van der Waals surface area contributed by atoms with E-state index in [1.54, 1.807) is 12.1 Å². The molecule has 0 aliphatic rings. The molecular formula is C19H21ClN2O3. The van der Waals surface area contributed by atoms with Crippen LogP contribution in [0.25, 0.3) is 0 Å². The number of carbonyl (C=O) groups excluding carboxylic acids is 2.